The Balaban J connectivity index is 2.36. The van der Waals surface area contributed by atoms with Crippen LogP contribution in [0, 0.1) is 0 Å². The molecule has 0 amide bonds. The molecule has 0 unspecified atom stereocenters. The van der Waals surface area contributed by atoms with E-state index in [0.29, 0.717) is 19.8 Å². The number of hydrogen-bond donors (Lipinski definition) is 1. The number of halogens is 3. The summed E-state index contributed by atoms with van der Waals surface area (Å²) >= 11 is 10.4. The highest BCUT2D eigenvalue weighted by atomic mass is 79.9. The average molecular weight is 432 g/mol. The molecule has 0 aromatic heterocycles. The third-order valence-corrected chi connectivity index (χ3v) is 3.70. The molecule has 96 valence electrons. The quantitative estimate of drug-likeness (QED) is 0.661. The fraction of sp³-hybridized carbons (Fsp3) is 0.455. The third kappa shape index (κ3) is 5.70. The molecule has 0 aliphatic heterocycles. The zero-order valence-corrected chi connectivity index (χ0v) is 14.2. The van der Waals surface area contributed by atoms with Gasteiger partial charge in [-0.25, -0.2) is 0 Å². The van der Waals surface area contributed by atoms with Gasteiger partial charge in [-0.05, 0) is 44.0 Å². The van der Waals surface area contributed by atoms with Gasteiger partial charge in [0.15, 0.2) is 0 Å². The second kappa shape index (κ2) is 8.48. The fourth-order valence-electron chi connectivity index (χ4n) is 1.20. The largest absolute Gasteiger partial charge is 0.382 e. The van der Waals surface area contributed by atoms with Crippen LogP contribution < -0.4 is 5.32 Å². The van der Waals surface area contributed by atoms with E-state index in [1.165, 1.54) is 0 Å². The lowest BCUT2D eigenvalue weighted by Crippen LogP contribution is -2.12. The SMILES string of the molecule is COCCOCCNc1c(Br)cc(Br)cc1Br. The standard InChI is InChI=1S/C11H14Br3NO2/c1-16-4-5-17-3-2-15-11-9(13)6-8(12)7-10(11)14/h6-7,15H,2-5H2,1H3. The summed E-state index contributed by atoms with van der Waals surface area (Å²) in [5.41, 5.74) is 1.03. The smallest absolute Gasteiger partial charge is 0.0701 e. The van der Waals surface area contributed by atoms with Crippen molar-refractivity contribution in [1.29, 1.82) is 0 Å². The Bertz CT molecular complexity index is 338. The molecule has 0 saturated heterocycles. The fourth-order valence-corrected chi connectivity index (χ4v) is 3.74. The summed E-state index contributed by atoms with van der Waals surface area (Å²) in [7, 11) is 1.66. The molecule has 1 aromatic carbocycles. The molecule has 0 aliphatic carbocycles. The van der Waals surface area contributed by atoms with Crippen LogP contribution in [0.3, 0.4) is 0 Å². The van der Waals surface area contributed by atoms with Crippen LogP contribution in [0.5, 0.6) is 0 Å². The van der Waals surface area contributed by atoms with Crippen molar-refractivity contribution in [1.82, 2.24) is 0 Å². The monoisotopic (exact) mass is 429 g/mol. The lowest BCUT2D eigenvalue weighted by molar-refractivity contribution is 0.0759. The normalized spacial score (nSPS) is 10.6. The highest BCUT2D eigenvalue weighted by Gasteiger charge is 2.05. The maximum atomic E-state index is 5.37. The number of hydrogen-bond acceptors (Lipinski definition) is 3. The van der Waals surface area contributed by atoms with Gasteiger partial charge in [-0.2, -0.15) is 0 Å². The minimum atomic E-state index is 0.626. The average Bonchev–Trinajstić information content (AvgIpc) is 2.26. The zero-order valence-electron chi connectivity index (χ0n) is 9.43. The van der Waals surface area contributed by atoms with Crippen LogP contribution in [0.4, 0.5) is 5.69 Å². The maximum Gasteiger partial charge on any atom is 0.0701 e. The van der Waals surface area contributed by atoms with Gasteiger partial charge in [0.05, 0.1) is 25.5 Å². The first-order chi connectivity index (χ1) is 8.15. The number of nitrogens with one attached hydrogen (secondary N) is 1. The maximum absolute atomic E-state index is 5.37. The van der Waals surface area contributed by atoms with Crippen LogP contribution >= 0.6 is 47.8 Å². The molecule has 1 rings (SSSR count). The molecule has 0 saturated carbocycles. The van der Waals surface area contributed by atoms with Crippen molar-refractivity contribution >= 4 is 53.5 Å². The number of rotatable bonds is 7. The summed E-state index contributed by atoms with van der Waals surface area (Å²) in [6, 6.07) is 4.00. The molecule has 1 N–H and O–H groups in total. The van der Waals surface area contributed by atoms with E-state index in [-0.39, 0.29) is 0 Å². The summed E-state index contributed by atoms with van der Waals surface area (Å²) in [6.45, 7) is 2.66. The van der Waals surface area contributed by atoms with E-state index in [2.05, 4.69) is 53.1 Å². The highest BCUT2D eigenvalue weighted by molar-refractivity contribution is 9.11. The molecule has 17 heavy (non-hydrogen) atoms. The molecule has 0 spiro atoms. The Morgan fingerprint density at radius 1 is 1.06 bits per heavy atom. The molecule has 0 bridgehead atoms. The van der Waals surface area contributed by atoms with Crippen molar-refractivity contribution in [3.63, 3.8) is 0 Å². The molecule has 0 aliphatic rings. The van der Waals surface area contributed by atoms with Crippen molar-refractivity contribution in [2.45, 2.75) is 0 Å². The molecule has 6 heteroatoms. The Morgan fingerprint density at radius 2 is 1.71 bits per heavy atom. The Kier molecular flexibility index (Phi) is 7.70. The Morgan fingerprint density at radius 3 is 2.29 bits per heavy atom. The van der Waals surface area contributed by atoms with Gasteiger partial charge >= 0.3 is 0 Å². The Labute approximate surface area is 127 Å². The van der Waals surface area contributed by atoms with Gasteiger partial charge in [0, 0.05) is 27.1 Å². The van der Waals surface area contributed by atoms with Gasteiger partial charge in [0.2, 0.25) is 0 Å². The van der Waals surface area contributed by atoms with Crippen molar-refractivity contribution in [3.05, 3.63) is 25.6 Å². The minimum absolute atomic E-state index is 0.626. The van der Waals surface area contributed by atoms with E-state index in [9.17, 15) is 0 Å². The van der Waals surface area contributed by atoms with Crippen LogP contribution in [0.1, 0.15) is 0 Å². The molecule has 3 nitrogen and oxygen atoms in total. The van der Waals surface area contributed by atoms with Crippen LogP contribution in [-0.4, -0.2) is 33.5 Å². The summed E-state index contributed by atoms with van der Waals surface area (Å²) < 4.78 is 13.3. The van der Waals surface area contributed by atoms with Gasteiger partial charge in [-0.1, -0.05) is 15.9 Å². The second-order valence-electron chi connectivity index (χ2n) is 3.28. The van der Waals surface area contributed by atoms with Gasteiger partial charge in [-0.15, -0.1) is 0 Å². The van der Waals surface area contributed by atoms with Crippen molar-refractivity contribution in [3.8, 4) is 0 Å². The van der Waals surface area contributed by atoms with E-state index in [1.807, 2.05) is 12.1 Å². The van der Waals surface area contributed by atoms with Gasteiger partial charge < -0.3 is 14.8 Å². The number of anilines is 1. The van der Waals surface area contributed by atoms with E-state index in [0.717, 1.165) is 25.7 Å². The van der Waals surface area contributed by atoms with Crippen LogP contribution in [0.2, 0.25) is 0 Å². The topological polar surface area (TPSA) is 30.5 Å². The molecular weight excluding hydrogens is 418 g/mol. The van der Waals surface area contributed by atoms with Crippen LogP contribution in [0.25, 0.3) is 0 Å². The molecule has 0 radical (unpaired) electrons. The lowest BCUT2D eigenvalue weighted by Gasteiger charge is -2.11. The first kappa shape index (κ1) is 15.4. The van der Waals surface area contributed by atoms with Crippen LogP contribution in [-0.2, 0) is 9.47 Å². The zero-order chi connectivity index (χ0) is 12.7. The summed E-state index contributed by atoms with van der Waals surface area (Å²) in [6.07, 6.45) is 0. The molecule has 0 heterocycles. The Hall–Kier alpha value is 0.380. The van der Waals surface area contributed by atoms with Crippen molar-refractivity contribution < 1.29 is 9.47 Å². The molecule has 0 atom stereocenters. The van der Waals surface area contributed by atoms with Gasteiger partial charge in [0.1, 0.15) is 0 Å². The minimum Gasteiger partial charge on any atom is -0.382 e. The first-order valence-corrected chi connectivity index (χ1v) is 7.48. The molecule has 1 aromatic rings. The first-order valence-electron chi connectivity index (χ1n) is 5.10. The van der Waals surface area contributed by atoms with Crippen molar-refractivity contribution in [2.75, 3.05) is 38.8 Å². The van der Waals surface area contributed by atoms with Gasteiger partial charge in [0.25, 0.3) is 0 Å². The second-order valence-corrected chi connectivity index (χ2v) is 5.90. The number of methoxy groups -OCH3 is 1. The third-order valence-electron chi connectivity index (χ3n) is 1.99. The predicted octanol–water partition coefficient (Wildman–Crippen LogP) is 4.05. The number of ether oxygens (including phenoxy) is 2. The highest BCUT2D eigenvalue weighted by Crippen LogP contribution is 2.34. The lowest BCUT2D eigenvalue weighted by atomic mass is 10.3. The van der Waals surface area contributed by atoms with E-state index in [4.69, 9.17) is 9.47 Å². The van der Waals surface area contributed by atoms with Crippen LogP contribution in [0.15, 0.2) is 25.6 Å². The summed E-state index contributed by atoms with van der Waals surface area (Å²) in [5, 5.41) is 3.30. The molecule has 0 fully saturated rings. The number of benzene rings is 1. The van der Waals surface area contributed by atoms with E-state index < -0.39 is 0 Å². The van der Waals surface area contributed by atoms with E-state index in [1.54, 1.807) is 7.11 Å². The van der Waals surface area contributed by atoms with Crippen molar-refractivity contribution in [2.24, 2.45) is 0 Å². The summed E-state index contributed by atoms with van der Waals surface area (Å²) in [5.74, 6) is 0. The van der Waals surface area contributed by atoms with E-state index >= 15 is 0 Å². The molecular formula is C11H14Br3NO2. The predicted molar refractivity (Wildman–Crippen MR) is 80.7 cm³/mol. The summed E-state index contributed by atoms with van der Waals surface area (Å²) in [4.78, 5) is 0. The van der Waals surface area contributed by atoms with Gasteiger partial charge in [-0.3, -0.25) is 0 Å².